The van der Waals surface area contributed by atoms with E-state index in [2.05, 4.69) is 266 Å². The fraction of sp³-hybridized carbons (Fsp3) is 0.0149. The standard InChI is InChI=1S/C67H45NO/c1-4-15-46(16-5-1)47-27-29-48(30-28-47)49-31-38-55(39-32-49)68(56-40-33-50(34-41-56)52-37-44-65-61(45-52)59-21-11-13-26-64(59)69-65)57-42-35-51(36-43-57)58-23-14-25-63-66(58)60-22-10-12-24-62(60)67(63,53-17-6-2-7-18-53)54-19-8-3-9-20-54/h1-45H. The zero-order valence-corrected chi connectivity index (χ0v) is 37.8. The molecule has 0 radical (unpaired) electrons. The summed E-state index contributed by atoms with van der Waals surface area (Å²) in [5.41, 5.74) is 21.8. The summed E-state index contributed by atoms with van der Waals surface area (Å²) in [6, 6.07) is 99.2. The van der Waals surface area contributed by atoms with Gasteiger partial charge in [0.25, 0.3) is 0 Å². The first-order valence-electron chi connectivity index (χ1n) is 23.7. The van der Waals surface area contributed by atoms with Gasteiger partial charge in [0.15, 0.2) is 0 Å². The van der Waals surface area contributed by atoms with Crippen molar-refractivity contribution in [3.8, 4) is 55.6 Å². The molecule has 11 aromatic carbocycles. The van der Waals surface area contributed by atoms with Crippen LogP contribution in [0, 0.1) is 0 Å². The Morgan fingerprint density at radius 3 is 1.30 bits per heavy atom. The molecule has 1 aromatic heterocycles. The van der Waals surface area contributed by atoms with Crippen LogP contribution in [0.5, 0.6) is 0 Å². The maximum Gasteiger partial charge on any atom is 0.135 e. The van der Waals surface area contributed by atoms with Gasteiger partial charge in [-0.05, 0) is 132 Å². The predicted octanol–water partition coefficient (Wildman–Crippen LogP) is 18.1. The lowest BCUT2D eigenvalue weighted by atomic mass is 9.67. The van der Waals surface area contributed by atoms with E-state index in [4.69, 9.17) is 4.42 Å². The van der Waals surface area contributed by atoms with Crippen LogP contribution in [-0.4, -0.2) is 0 Å². The van der Waals surface area contributed by atoms with Crippen LogP contribution in [0.1, 0.15) is 22.3 Å². The van der Waals surface area contributed by atoms with Crippen molar-refractivity contribution in [2.75, 3.05) is 4.90 Å². The van der Waals surface area contributed by atoms with Crippen molar-refractivity contribution in [2.45, 2.75) is 5.41 Å². The van der Waals surface area contributed by atoms with E-state index in [9.17, 15) is 0 Å². The lowest BCUT2D eigenvalue weighted by molar-refractivity contribution is 0.669. The molecule has 324 valence electrons. The highest BCUT2D eigenvalue weighted by Gasteiger charge is 2.46. The van der Waals surface area contributed by atoms with Crippen LogP contribution in [0.3, 0.4) is 0 Å². The summed E-state index contributed by atoms with van der Waals surface area (Å²) in [5.74, 6) is 0. The van der Waals surface area contributed by atoms with Gasteiger partial charge >= 0.3 is 0 Å². The molecule has 0 spiro atoms. The van der Waals surface area contributed by atoms with Gasteiger partial charge in [-0.25, -0.2) is 0 Å². The molecular formula is C67H45NO. The zero-order valence-electron chi connectivity index (χ0n) is 37.8. The van der Waals surface area contributed by atoms with Crippen molar-refractivity contribution in [1.82, 2.24) is 0 Å². The van der Waals surface area contributed by atoms with Crippen LogP contribution >= 0.6 is 0 Å². The summed E-state index contributed by atoms with van der Waals surface area (Å²) >= 11 is 0. The van der Waals surface area contributed by atoms with Crippen LogP contribution in [-0.2, 0) is 5.41 Å². The number of rotatable bonds is 9. The third kappa shape index (κ3) is 6.80. The van der Waals surface area contributed by atoms with E-state index >= 15 is 0 Å². The number of benzene rings is 11. The average Bonchev–Trinajstić information content (AvgIpc) is 3.96. The van der Waals surface area contributed by atoms with Crippen molar-refractivity contribution < 1.29 is 4.42 Å². The SMILES string of the molecule is c1ccc(-c2ccc(-c3ccc(N(c4ccc(-c5ccc6oc7ccccc7c6c5)cc4)c4ccc(-c5cccc6c5-c5ccccc5C6(c5ccccc5)c5ccccc5)cc4)cc3)cc2)cc1. The minimum absolute atomic E-state index is 0.457. The highest BCUT2D eigenvalue weighted by Crippen LogP contribution is 2.58. The monoisotopic (exact) mass is 879 g/mol. The molecule has 0 bridgehead atoms. The molecule has 1 aliphatic rings. The predicted molar refractivity (Wildman–Crippen MR) is 287 cm³/mol. The number of para-hydroxylation sites is 1. The van der Waals surface area contributed by atoms with Crippen LogP contribution in [0.2, 0.25) is 0 Å². The molecule has 0 aliphatic heterocycles. The van der Waals surface area contributed by atoms with Gasteiger partial charge in [-0.15, -0.1) is 0 Å². The van der Waals surface area contributed by atoms with Gasteiger partial charge in [0, 0.05) is 27.8 Å². The van der Waals surface area contributed by atoms with Crippen LogP contribution in [0.25, 0.3) is 77.6 Å². The second-order valence-electron chi connectivity index (χ2n) is 18.0. The summed E-state index contributed by atoms with van der Waals surface area (Å²) in [7, 11) is 0. The first kappa shape index (κ1) is 40.3. The van der Waals surface area contributed by atoms with E-state index in [0.717, 1.165) is 50.1 Å². The summed E-state index contributed by atoms with van der Waals surface area (Å²) in [6.45, 7) is 0. The van der Waals surface area contributed by atoms with E-state index in [1.165, 1.54) is 66.8 Å². The molecule has 0 unspecified atom stereocenters. The summed E-state index contributed by atoms with van der Waals surface area (Å²) in [4.78, 5) is 2.36. The van der Waals surface area contributed by atoms with Gasteiger partial charge in [-0.1, -0.05) is 218 Å². The molecule has 0 atom stereocenters. The van der Waals surface area contributed by atoms with Crippen molar-refractivity contribution in [3.63, 3.8) is 0 Å². The molecule has 2 heteroatoms. The fourth-order valence-electron chi connectivity index (χ4n) is 11.0. The molecule has 69 heavy (non-hydrogen) atoms. The molecule has 13 rings (SSSR count). The minimum Gasteiger partial charge on any atom is -0.456 e. The fourth-order valence-corrected chi connectivity index (χ4v) is 11.0. The molecule has 1 aliphatic carbocycles. The molecule has 1 heterocycles. The lowest BCUT2D eigenvalue weighted by Gasteiger charge is -2.34. The van der Waals surface area contributed by atoms with Gasteiger partial charge < -0.3 is 9.32 Å². The Morgan fingerprint density at radius 1 is 0.275 bits per heavy atom. The zero-order chi connectivity index (χ0) is 45.7. The van der Waals surface area contributed by atoms with Gasteiger partial charge in [0.05, 0.1) is 5.41 Å². The summed E-state index contributed by atoms with van der Waals surface area (Å²) in [6.07, 6.45) is 0. The van der Waals surface area contributed by atoms with Crippen LogP contribution in [0.15, 0.2) is 277 Å². The number of anilines is 3. The summed E-state index contributed by atoms with van der Waals surface area (Å²) in [5, 5.41) is 2.26. The van der Waals surface area contributed by atoms with E-state index in [-0.39, 0.29) is 0 Å². The molecule has 0 amide bonds. The maximum absolute atomic E-state index is 6.16. The first-order valence-corrected chi connectivity index (χ1v) is 23.7. The number of nitrogens with zero attached hydrogens (tertiary/aromatic N) is 1. The van der Waals surface area contributed by atoms with E-state index in [1.54, 1.807) is 0 Å². The number of furan rings is 1. The highest BCUT2D eigenvalue weighted by atomic mass is 16.3. The Morgan fingerprint density at radius 2 is 0.696 bits per heavy atom. The molecule has 0 saturated heterocycles. The second kappa shape index (κ2) is 16.7. The molecule has 2 nitrogen and oxygen atoms in total. The third-order valence-electron chi connectivity index (χ3n) is 14.2. The maximum atomic E-state index is 6.16. The van der Waals surface area contributed by atoms with Gasteiger partial charge in [-0.3, -0.25) is 0 Å². The highest BCUT2D eigenvalue weighted by molar-refractivity contribution is 6.06. The quantitative estimate of drug-likeness (QED) is 0.144. The first-order chi connectivity index (χ1) is 34.2. The Kier molecular flexibility index (Phi) is 9.77. The van der Waals surface area contributed by atoms with Gasteiger partial charge in [0.2, 0.25) is 0 Å². The van der Waals surface area contributed by atoms with Gasteiger partial charge in [0.1, 0.15) is 11.2 Å². The van der Waals surface area contributed by atoms with E-state index < -0.39 is 5.41 Å². The Labute approximate surface area is 402 Å². The average molecular weight is 880 g/mol. The van der Waals surface area contributed by atoms with Crippen LogP contribution in [0.4, 0.5) is 17.1 Å². The third-order valence-corrected chi connectivity index (χ3v) is 14.2. The Balaban J connectivity index is 0.898. The molecular weight excluding hydrogens is 835 g/mol. The van der Waals surface area contributed by atoms with Crippen molar-refractivity contribution in [1.29, 1.82) is 0 Å². The van der Waals surface area contributed by atoms with E-state index in [0.29, 0.717) is 0 Å². The number of fused-ring (bicyclic) bond motifs is 6. The molecule has 12 aromatic rings. The normalized spacial score (nSPS) is 12.5. The number of hydrogen-bond donors (Lipinski definition) is 0. The Hall–Kier alpha value is -8.98. The largest absolute Gasteiger partial charge is 0.456 e. The smallest absolute Gasteiger partial charge is 0.135 e. The topological polar surface area (TPSA) is 16.4 Å². The van der Waals surface area contributed by atoms with Crippen LogP contribution < -0.4 is 4.90 Å². The van der Waals surface area contributed by atoms with Crippen molar-refractivity contribution in [3.05, 3.63) is 295 Å². The Bertz CT molecular complexity index is 3740. The molecule has 0 fully saturated rings. The number of hydrogen-bond acceptors (Lipinski definition) is 2. The minimum atomic E-state index is -0.457. The molecule has 0 N–H and O–H groups in total. The summed E-state index contributed by atoms with van der Waals surface area (Å²) < 4.78 is 6.16. The van der Waals surface area contributed by atoms with E-state index in [1.807, 2.05) is 12.1 Å². The lowest BCUT2D eigenvalue weighted by Crippen LogP contribution is -2.28. The van der Waals surface area contributed by atoms with Gasteiger partial charge in [-0.2, -0.15) is 0 Å². The second-order valence-corrected chi connectivity index (χ2v) is 18.0. The van der Waals surface area contributed by atoms with Crippen molar-refractivity contribution in [2.24, 2.45) is 0 Å². The molecule has 0 saturated carbocycles. The van der Waals surface area contributed by atoms with Crippen molar-refractivity contribution >= 4 is 39.0 Å².